The molecule has 1 aliphatic rings. The molecule has 1 aromatic rings. The monoisotopic (exact) mass is 269 g/mol. The van der Waals surface area contributed by atoms with E-state index in [1.54, 1.807) is 0 Å². The van der Waals surface area contributed by atoms with Gasteiger partial charge in [-0.3, -0.25) is 0 Å². The highest BCUT2D eigenvalue weighted by molar-refractivity contribution is 7.99. The Labute approximate surface area is 111 Å². The Morgan fingerprint density at radius 2 is 2.06 bits per heavy atom. The molecule has 94 valence electrons. The van der Waals surface area contributed by atoms with Gasteiger partial charge in [0.15, 0.2) is 0 Å². The molecule has 4 heteroatoms. The molecule has 2 rings (SSSR count). The zero-order valence-corrected chi connectivity index (χ0v) is 12.2. The Balaban J connectivity index is 2.14. The molecule has 0 aromatic heterocycles. The van der Waals surface area contributed by atoms with Crippen molar-refractivity contribution in [3.8, 4) is 0 Å². The minimum absolute atomic E-state index is 0.209. The molecule has 2 nitrogen and oxygen atoms in total. The predicted molar refractivity (Wildman–Crippen MR) is 75.6 cm³/mol. The van der Waals surface area contributed by atoms with E-state index in [9.17, 15) is 4.55 Å². The van der Waals surface area contributed by atoms with Crippen molar-refractivity contribution in [2.24, 2.45) is 0 Å². The lowest BCUT2D eigenvalue weighted by atomic mass is 10.1. The number of thioether (sulfide) groups is 1. The second-order valence-corrected chi connectivity index (χ2v) is 8.36. The third-order valence-corrected chi connectivity index (χ3v) is 5.50. The second kappa shape index (κ2) is 5.22. The molecule has 1 N–H and O–H groups in total. The topological polar surface area (TPSA) is 35.1 Å². The standard InChI is InChI=1S/C13H19NOS2/c1-13(2,3)17(15)14-11-8-9-16-12-7-5-4-6-10(11)12/h4-7,11,14H,8-9H2,1-3H3/t11-,17?/m1/s1. The van der Waals surface area contributed by atoms with Crippen molar-refractivity contribution in [1.82, 2.24) is 4.72 Å². The number of hydrogen-bond acceptors (Lipinski definition) is 3. The number of nitrogens with one attached hydrogen (secondary N) is 1. The molecule has 1 unspecified atom stereocenters. The van der Waals surface area contributed by atoms with E-state index in [0.29, 0.717) is 0 Å². The van der Waals surface area contributed by atoms with E-state index < -0.39 is 11.4 Å². The van der Waals surface area contributed by atoms with Gasteiger partial charge in [-0.05, 0) is 44.6 Å². The summed E-state index contributed by atoms with van der Waals surface area (Å²) >= 11 is 0.887. The molecule has 2 atom stereocenters. The van der Waals surface area contributed by atoms with Gasteiger partial charge in [0.05, 0.1) is 6.04 Å². The van der Waals surface area contributed by atoms with Crippen LogP contribution in [0.5, 0.6) is 0 Å². The average molecular weight is 269 g/mol. The average Bonchev–Trinajstić information content (AvgIpc) is 2.28. The molecule has 0 radical (unpaired) electrons. The highest BCUT2D eigenvalue weighted by Gasteiger charge is 2.31. The molecule has 1 aliphatic heterocycles. The van der Waals surface area contributed by atoms with Gasteiger partial charge in [0.1, 0.15) is 4.75 Å². The fourth-order valence-electron chi connectivity index (χ4n) is 1.77. The van der Waals surface area contributed by atoms with Gasteiger partial charge in [0, 0.05) is 16.3 Å². The van der Waals surface area contributed by atoms with Gasteiger partial charge in [-0.1, -0.05) is 18.2 Å². The molecule has 0 saturated heterocycles. The van der Waals surface area contributed by atoms with Crippen molar-refractivity contribution >= 4 is 23.1 Å². The lowest BCUT2D eigenvalue weighted by Gasteiger charge is -2.30. The molecule has 0 aliphatic carbocycles. The van der Waals surface area contributed by atoms with Crippen LogP contribution >= 0.6 is 11.8 Å². The normalized spacial score (nSPS) is 22.0. The highest BCUT2D eigenvalue weighted by atomic mass is 32.2. The van der Waals surface area contributed by atoms with Crippen molar-refractivity contribution in [2.45, 2.75) is 42.9 Å². The fraction of sp³-hybridized carbons (Fsp3) is 0.538. The molecule has 0 spiro atoms. The summed E-state index contributed by atoms with van der Waals surface area (Å²) in [5, 5.41) is 0. The minimum atomic E-state index is -1.00. The summed E-state index contributed by atoms with van der Waals surface area (Å²) in [4.78, 5) is 1.32. The van der Waals surface area contributed by atoms with Crippen LogP contribution in [0.2, 0.25) is 0 Å². The van der Waals surface area contributed by atoms with Crippen molar-refractivity contribution in [2.75, 3.05) is 5.75 Å². The van der Waals surface area contributed by atoms with Gasteiger partial charge in [-0.15, -0.1) is 16.5 Å². The Bertz CT molecular complexity index is 389. The van der Waals surface area contributed by atoms with Crippen LogP contribution in [0.15, 0.2) is 29.2 Å². The molecule has 0 fully saturated rings. The minimum Gasteiger partial charge on any atom is -0.598 e. The van der Waals surface area contributed by atoms with Gasteiger partial charge in [0.2, 0.25) is 0 Å². The maximum absolute atomic E-state index is 12.1. The van der Waals surface area contributed by atoms with Crippen LogP contribution in [0, 0.1) is 0 Å². The smallest absolute Gasteiger partial charge is 0.136 e. The number of benzene rings is 1. The van der Waals surface area contributed by atoms with Crippen LogP contribution in [0.4, 0.5) is 0 Å². The Kier molecular flexibility index (Phi) is 4.08. The van der Waals surface area contributed by atoms with Crippen LogP contribution in [0.1, 0.15) is 38.8 Å². The molecule has 0 amide bonds. The van der Waals surface area contributed by atoms with Gasteiger partial charge >= 0.3 is 0 Å². The van der Waals surface area contributed by atoms with Crippen LogP contribution in [0.3, 0.4) is 0 Å². The van der Waals surface area contributed by atoms with Crippen LogP contribution < -0.4 is 4.72 Å². The second-order valence-electron chi connectivity index (χ2n) is 5.23. The maximum Gasteiger partial charge on any atom is 0.136 e. The Morgan fingerprint density at radius 1 is 1.35 bits per heavy atom. The molecule has 1 aromatic carbocycles. The summed E-state index contributed by atoms with van der Waals surface area (Å²) in [5.74, 6) is 1.09. The zero-order valence-electron chi connectivity index (χ0n) is 10.5. The van der Waals surface area contributed by atoms with Crippen molar-refractivity contribution in [3.05, 3.63) is 29.8 Å². The summed E-state index contributed by atoms with van der Waals surface area (Å²) in [7, 11) is 0. The summed E-state index contributed by atoms with van der Waals surface area (Å²) in [6.45, 7) is 6.00. The van der Waals surface area contributed by atoms with Crippen LogP contribution in [-0.2, 0) is 11.4 Å². The SMILES string of the molecule is CC(C)(C)[S+]([O-])N[C@@H]1CCSc2ccccc21. The summed E-state index contributed by atoms with van der Waals surface area (Å²) < 4.78 is 15.2. The van der Waals surface area contributed by atoms with E-state index in [1.165, 1.54) is 10.5 Å². The van der Waals surface area contributed by atoms with E-state index in [4.69, 9.17) is 0 Å². The van der Waals surface area contributed by atoms with Gasteiger partial charge in [0.25, 0.3) is 0 Å². The van der Waals surface area contributed by atoms with E-state index in [1.807, 2.05) is 32.5 Å². The lowest BCUT2D eigenvalue weighted by molar-refractivity contribution is 0.516. The molecular formula is C13H19NOS2. The number of fused-ring (bicyclic) bond motifs is 1. The first-order valence-electron chi connectivity index (χ1n) is 5.88. The first kappa shape index (κ1) is 13.3. The lowest BCUT2D eigenvalue weighted by Crippen LogP contribution is -2.42. The molecule has 0 bridgehead atoms. The third kappa shape index (κ3) is 3.19. The van der Waals surface area contributed by atoms with E-state index in [2.05, 4.69) is 29.0 Å². The highest BCUT2D eigenvalue weighted by Crippen LogP contribution is 2.36. The van der Waals surface area contributed by atoms with Gasteiger partial charge in [-0.25, -0.2) is 0 Å². The van der Waals surface area contributed by atoms with E-state index in [-0.39, 0.29) is 10.8 Å². The van der Waals surface area contributed by atoms with Crippen molar-refractivity contribution in [3.63, 3.8) is 0 Å². The van der Waals surface area contributed by atoms with Crippen LogP contribution in [0.25, 0.3) is 0 Å². The number of hydrogen-bond donors (Lipinski definition) is 1. The number of rotatable bonds is 2. The zero-order chi connectivity index (χ0) is 12.5. The van der Waals surface area contributed by atoms with E-state index >= 15 is 0 Å². The largest absolute Gasteiger partial charge is 0.598 e. The predicted octanol–water partition coefficient (Wildman–Crippen LogP) is 3.28. The first-order valence-corrected chi connectivity index (χ1v) is 8.02. The fourth-order valence-corrected chi connectivity index (χ4v) is 3.75. The summed E-state index contributed by atoms with van der Waals surface area (Å²) in [6.07, 6.45) is 1.05. The first-order chi connectivity index (χ1) is 7.98. The van der Waals surface area contributed by atoms with Crippen molar-refractivity contribution in [1.29, 1.82) is 0 Å². The molecule has 0 saturated carbocycles. The van der Waals surface area contributed by atoms with Crippen LogP contribution in [-0.4, -0.2) is 15.1 Å². The van der Waals surface area contributed by atoms with Gasteiger partial charge in [-0.2, -0.15) is 0 Å². The maximum atomic E-state index is 12.1. The third-order valence-electron chi connectivity index (χ3n) is 2.76. The van der Waals surface area contributed by atoms with Gasteiger partial charge < -0.3 is 4.55 Å². The van der Waals surface area contributed by atoms with Crippen molar-refractivity contribution < 1.29 is 4.55 Å². The summed E-state index contributed by atoms with van der Waals surface area (Å²) in [5.41, 5.74) is 1.29. The molecule has 17 heavy (non-hydrogen) atoms. The molecular weight excluding hydrogens is 250 g/mol. The van der Waals surface area contributed by atoms with E-state index in [0.717, 1.165) is 12.2 Å². The molecule has 1 heterocycles. The summed E-state index contributed by atoms with van der Waals surface area (Å²) in [6, 6.07) is 8.63. The Morgan fingerprint density at radius 3 is 2.76 bits per heavy atom. The Hall–Kier alpha value is -0.160. The quantitative estimate of drug-likeness (QED) is 0.837.